The van der Waals surface area contributed by atoms with Crippen molar-refractivity contribution in [3.8, 4) is 5.75 Å². The summed E-state index contributed by atoms with van der Waals surface area (Å²) < 4.78 is 11.8. The molecule has 1 heterocycles. The first kappa shape index (κ1) is 18.0. The maximum absolute atomic E-state index is 12.7. The molecule has 0 bridgehead atoms. The highest BCUT2D eigenvalue weighted by Gasteiger charge is 2.19. The van der Waals surface area contributed by atoms with E-state index in [0.29, 0.717) is 27.2 Å². The van der Waals surface area contributed by atoms with Crippen LogP contribution in [0.5, 0.6) is 5.75 Å². The summed E-state index contributed by atoms with van der Waals surface area (Å²) >= 11 is 6.15. The smallest absolute Gasteiger partial charge is 0.340 e. The number of halogens is 1. The Hall–Kier alpha value is -2.79. The first-order chi connectivity index (χ1) is 12.4. The number of para-hydroxylation sites is 1. The molecule has 0 atom stereocenters. The van der Waals surface area contributed by atoms with Gasteiger partial charge < -0.3 is 9.47 Å². The minimum atomic E-state index is -0.488. The number of nitrogens with zero attached hydrogens (tertiary/aromatic N) is 1. The number of aryl methyl sites for hydroxylation is 2. The first-order valence-corrected chi connectivity index (χ1v) is 8.41. The van der Waals surface area contributed by atoms with Gasteiger partial charge in [-0.15, -0.1) is 0 Å². The minimum absolute atomic E-state index is 0.167. The second kappa shape index (κ2) is 7.22. The molecule has 0 spiro atoms. The van der Waals surface area contributed by atoms with Crippen LogP contribution in [0.1, 0.15) is 26.3 Å². The Kier molecular flexibility index (Phi) is 5.00. The van der Waals surface area contributed by atoms with Crippen LogP contribution in [-0.4, -0.2) is 30.2 Å². The van der Waals surface area contributed by atoms with Crippen LogP contribution in [0.25, 0.3) is 10.9 Å². The van der Waals surface area contributed by atoms with E-state index in [9.17, 15) is 9.59 Å². The molecule has 5 nitrogen and oxygen atoms in total. The molecule has 0 saturated heterocycles. The molecule has 2 aromatic carbocycles. The third-order valence-corrected chi connectivity index (χ3v) is 4.75. The number of fused-ring (bicyclic) bond motifs is 1. The minimum Gasteiger partial charge on any atom is -0.484 e. The number of hydrogen-bond acceptors (Lipinski definition) is 4. The fraction of sp³-hybridized carbons (Fsp3) is 0.200. The number of rotatable bonds is 4. The second-order valence-corrected chi connectivity index (χ2v) is 6.35. The van der Waals surface area contributed by atoms with Gasteiger partial charge in [-0.3, -0.25) is 9.36 Å². The van der Waals surface area contributed by atoms with Crippen LogP contribution in [0, 0.1) is 13.8 Å². The molecular weight excluding hydrogens is 354 g/mol. The van der Waals surface area contributed by atoms with E-state index in [1.54, 1.807) is 36.4 Å². The zero-order chi connectivity index (χ0) is 18.8. The molecule has 0 fully saturated rings. The normalized spacial score (nSPS) is 10.8. The monoisotopic (exact) mass is 371 g/mol. The molecule has 3 rings (SSSR count). The van der Waals surface area contributed by atoms with E-state index in [-0.39, 0.29) is 12.5 Å². The van der Waals surface area contributed by atoms with Crippen LogP contribution in [0.4, 0.5) is 0 Å². The summed E-state index contributed by atoms with van der Waals surface area (Å²) in [6.07, 6.45) is 1.49. The van der Waals surface area contributed by atoms with Gasteiger partial charge in [0.25, 0.3) is 5.91 Å². The highest BCUT2D eigenvalue weighted by atomic mass is 35.5. The van der Waals surface area contributed by atoms with Gasteiger partial charge in [0, 0.05) is 16.6 Å². The molecule has 0 aliphatic rings. The molecule has 0 N–H and O–H groups in total. The lowest BCUT2D eigenvalue weighted by atomic mass is 10.1. The van der Waals surface area contributed by atoms with Crippen LogP contribution in [0.15, 0.2) is 42.6 Å². The summed E-state index contributed by atoms with van der Waals surface area (Å²) in [6.45, 7) is 3.60. The molecule has 6 heteroatoms. The van der Waals surface area contributed by atoms with E-state index < -0.39 is 5.97 Å². The van der Waals surface area contributed by atoms with E-state index >= 15 is 0 Å². The molecular formula is C20H18ClNO4. The molecule has 0 saturated carbocycles. The van der Waals surface area contributed by atoms with Gasteiger partial charge in [-0.25, -0.2) is 4.79 Å². The molecule has 134 valence electrons. The van der Waals surface area contributed by atoms with Gasteiger partial charge in [-0.1, -0.05) is 29.8 Å². The van der Waals surface area contributed by atoms with Gasteiger partial charge >= 0.3 is 5.97 Å². The Labute approximate surface area is 156 Å². The molecule has 0 aliphatic carbocycles. The highest BCUT2D eigenvalue weighted by molar-refractivity contribution is 6.32. The van der Waals surface area contributed by atoms with Gasteiger partial charge in [0.05, 0.1) is 18.2 Å². The summed E-state index contributed by atoms with van der Waals surface area (Å²) in [6, 6.07) is 10.7. The van der Waals surface area contributed by atoms with Crippen molar-refractivity contribution in [2.45, 2.75) is 13.8 Å². The fourth-order valence-corrected chi connectivity index (χ4v) is 2.97. The van der Waals surface area contributed by atoms with E-state index in [1.807, 2.05) is 13.8 Å². The standard InChI is InChI=1S/C20H18ClNO4/c1-12-8-14(9-13(2)19(12)21)26-11-18(23)22-10-16(20(24)25-3)15-6-4-5-7-17(15)22/h4-10H,11H2,1-3H3. The van der Waals surface area contributed by atoms with E-state index in [1.165, 1.54) is 17.9 Å². The molecule has 1 aromatic heterocycles. The number of esters is 1. The Morgan fingerprint density at radius 2 is 1.77 bits per heavy atom. The van der Waals surface area contributed by atoms with Crippen molar-refractivity contribution in [3.05, 3.63) is 64.3 Å². The van der Waals surface area contributed by atoms with Crippen molar-refractivity contribution in [3.63, 3.8) is 0 Å². The lowest BCUT2D eigenvalue weighted by Gasteiger charge is -2.10. The maximum atomic E-state index is 12.7. The summed E-state index contributed by atoms with van der Waals surface area (Å²) in [5, 5.41) is 1.34. The van der Waals surface area contributed by atoms with Gasteiger partial charge in [0.15, 0.2) is 6.61 Å². The van der Waals surface area contributed by atoms with Gasteiger partial charge in [-0.05, 0) is 43.2 Å². The lowest BCUT2D eigenvalue weighted by molar-refractivity contribution is 0.0603. The number of methoxy groups -OCH3 is 1. The van der Waals surface area contributed by atoms with Crippen LogP contribution in [0.2, 0.25) is 5.02 Å². The van der Waals surface area contributed by atoms with Crippen molar-refractivity contribution >= 4 is 34.4 Å². The average Bonchev–Trinajstić information content (AvgIpc) is 3.03. The van der Waals surface area contributed by atoms with Crippen molar-refractivity contribution in [2.24, 2.45) is 0 Å². The molecule has 0 unspecified atom stereocenters. The van der Waals surface area contributed by atoms with Crippen LogP contribution in [-0.2, 0) is 4.74 Å². The van der Waals surface area contributed by atoms with Crippen molar-refractivity contribution in [2.75, 3.05) is 13.7 Å². The SMILES string of the molecule is COC(=O)c1cn(C(=O)COc2cc(C)c(Cl)c(C)c2)c2ccccc12. The number of aromatic nitrogens is 1. The second-order valence-electron chi connectivity index (χ2n) is 5.97. The molecule has 0 aliphatic heterocycles. The first-order valence-electron chi connectivity index (χ1n) is 8.03. The summed E-state index contributed by atoms with van der Waals surface area (Å²) in [5.41, 5.74) is 2.74. The zero-order valence-corrected chi connectivity index (χ0v) is 15.5. The summed E-state index contributed by atoms with van der Waals surface area (Å²) in [7, 11) is 1.31. The van der Waals surface area contributed by atoms with Gasteiger partial charge in [0.1, 0.15) is 5.75 Å². The number of benzene rings is 2. The maximum Gasteiger partial charge on any atom is 0.340 e. The Morgan fingerprint density at radius 3 is 2.42 bits per heavy atom. The van der Waals surface area contributed by atoms with E-state index in [4.69, 9.17) is 21.1 Å². The molecule has 0 amide bonds. The average molecular weight is 372 g/mol. The lowest BCUT2D eigenvalue weighted by Crippen LogP contribution is -2.18. The summed E-state index contributed by atoms with van der Waals surface area (Å²) in [4.78, 5) is 24.6. The predicted molar refractivity (Wildman–Crippen MR) is 100 cm³/mol. The van der Waals surface area contributed by atoms with Crippen molar-refractivity contribution in [1.29, 1.82) is 0 Å². The topological polar surface area (TPSA) is 57.5 Å². The summed E-state index contributed by atoms with van der Waals surface area (Å²) in [5.74, 6) is -0.207. The van der Waals surface area contributed by atoms with Crippen LogP contribution < -0.4 is 4.74 Å². The van der Waals surface area contributed by atoms with Crippen LogP contribution >= 0.6 is 11.6 Å². The molecule has 26 heavy (non-hydrogen) atoms. The third kappa shape index (κ3) is 3.30. The van der Waals surface area contributed by atoms with E-state index in [0.717, 1.165) is 11.1 Å². The Morgan fingerprint density at radius 1 is 1.12 bits per heavy atom. The predicted octanol–water partition coefficient (Wildman–Crippen LogP) is 4.42. The quantitative estimate of drug-likeness (QED) is 0.637. The molecule has 3 aromatic rings. The number of hydrogen-bond donors (Lipinski definition) is 0. The van der Waals surface area contributed by atoms with Gasteiger partial charge in [-0.2, -0.15) is 0 Å². The number of carbonyl (C=O) groups is 2. The largest absolute Gasteiger partial charge is 0.484 e. The third-order valence-electron chi connectivity index (χ3n) is 4.16. The van der Waals surface area contributed by atoms with E-state index in [2.05, 4.69) is 0 Å². The number of ether oxygens (including phenoxy) is 2. The molecule has 0 radical (unpaired) electrons. The zero-order valence-electron chi connectivity index (χ0n) is 14.7. The van der Waals surface area contributed by atoms with Crippen LogP contribution in [0.3, 0.4) is 0 Å². The Balaban J connectivity index is 1.88. The highest BCUT2D eigenvalue weighted by Crippen LogP contribution is 2.26. The fourth-order valence-electron chi connectivity index (χ4n) is 2.86. The Bertz CT molecular complexity index is 983. The van der Waals surface area contributed by atoms with Gasteiger partial charge in [0.2, 0.25) is 0 Å². The van der Waals surface area contributed by atoms with Crippen molar-refractivity contribution in [1.82, 2.24) is 4.57 Å². The number of carbonyl (C=O) groups excluding carboxylic acids is 2. The van der Waals surface area contributed by atoms with Crippen molar-refractivity contribution < 1.29 is 19.1 Å².